The molecule has 0 bridgehead atoms. The summed E-state index contributed by atoms with van der Waals surface area (Å²) in [6.45, 7) is 4.97. The Kier molecular flexibility index (Phi) is 1.69. The Balaban J connectivity index is 1.97. The fraction of sp³-hybridized carbons (Fsp3) is 1.00. The highest BCUT2D eigenvalue weighted by molar-refractivity contribution is 4.86. The second-order valence-corrected chi connectivity index (χ2v) is 4.09. The van der Waals surface area contributed by atoms with Gasteiger partial charge in [-0.2, -0.15) is 0 Å². The highest BCUT2D eigenvalue weighted by Gasteiger charge is 2.33. The average molecular weight is 139 g/mol. The summed E-state index contributed by atoms with van der Waals surface area (Å²) in [5.41, 5.74) is 0. The second kappa shape index (κ2) is 2.54. The standard InChI is InChI=1S/C9H17N/c1-7-4-8-2-3-10-6-9(8)5-7/h7-10H,2-6H2,1H3/t7-,8?,9?/m0/s1. The summed E-state index contributed by atoms with van der Waals surface area (Å²) in [7, 11) is 0. The summed E-state index contributed by atoms with van der Waals surface area (Å²) in [6.07, 6.45) is 4.43. The lowest BCUT2D eigenvalue weighted by Gasteiger charge is -2.25. The van der Waals surface area contributed by atoms with Crippen LogP contribution < -0.4 is 5.32 Å². The van der Waals surface area contributed by atoms with E-state index in [1.54, 1.807) is 0 Å². The zero-order valence-corrected chi connectivity index (χ0v) is 6.77. The molecule has 0 radical (unpaired) electrons. The van der Waals surface area contributed by atoms with Crippen LogP contribution >= 0.6 is 0 Å². The molecule has 1 nitrogen and oxygen atoms in total. The zero-order chi connectivity index (χ0) is 6.97. The minimum atomic E-state index is 1.01. The Bertz CT molecular complexity index is 108. The van der Waals surface area contributed by atoms with E-state index < -0.39 is 0 Å². The van der Waals surface area contributed by atoms with Gasteiger partial charge in [0.1, 0.15) is 0 Å². The molecule has 1 saturated carbocycles. The van der Waals surface area contributed by atoms with Crippen LogP contribution in [0.2, 0.25) is 0 Å². The summed E-state index contributed by atoms with van der Waals surface area (Å²) < 4.78 is 0. The highest BCUT2D eigenvalue weighted by Crippen LogP contribution is 2.38. The van der Waals surface area contributed by atoms with Gasteiger partial charge >= 0.3 is 0 Å². The minimum absolute atomic E-state index is 1.01. The molecule has 2 rings (SSSR count). The van der Waals surface area contributed by atoms with Crippen molar-refractivity contribution in [3.8, 4) is 0 Å². The maximum Gasteiger partial charge on any atom is -0.00178 e. The second-order valence-electron chi connectivity index (χ2n) is 4.09. The highest BCUT2D eigenvalue weighted by atomic mass is 14.9. The molecule has 0 spiro atoms. The molecule has 10 heavy (non-hydrogen) atoms. The van der Waals surface area contributed by atoms with Gasteiger partial charge in [-0.15, -0.1) is 0 Å². The van der Waals surface area contributed by atoms with E-state index in [0.717, 1.165) is 17.8 Å². The van der Waals surface area contributed by atoms with Crippen molar-refractivity contribution in [1.29, 1.82) is 0 Å². The van der Waals surface area contributed by atoms with Crippen LogP contribution in [0.15, 0.2) is 0 Å². The van der Waals surface area contributed by atoms with Gasteiger partial charge in [0.15, 0.2) is 0 Å². The van der Waals surface area contributed by atoms with E-state index >= 15 is 0 Å². The van der Waals surface area contributed by atoms with Crippen LogP contribution in [0.3, 0.4) is 0 Å². The molecule has 1 heterocycles. The van der Waals surface area contributed by atoms with Gasteiger partial charge in [-0.3, -0.25) is 0 Å². The molecule has 0 amide bonds. The minimum Gasteiger partial charge on any atom is -0.316 e. The quantitative estimate of drug-likeness (QED) is 0.538. The molecule has 2 fully saturated rings. The lowest BCUT2D eigenvalue weighted by Crippen LogP contribution is -2.33. The van der Waals surface area contributed by atoms with Gasteiger partial charge < -0.3 is 5.32 Å². The molecule has 1 aliphatic carbocycles. The van der Waals surface area contributed by atoms with Crippen molar-refractivity contribution in [3.63, 3.8) is 0 Å². The Labute approximate surface area is 63.2 Å². The third kappa shape index (κ3) is 1.07. The third-order valence-corrected chi connectivity index (χ3v) is 3.18. The van der Waals surface area contributed by atoms with E-state index in [1.165, 1.54) is 32.4 Å². The monoisotopic (exact) mass is 139 g/mol. The Hall–Kier alpha value is -0.0400. The van der Waals surface area contributed by atoms with Gasteiger partial charge in [0.25, 0.3) is 0 Å². The van der Waals surface area contributed by atoms with Crippen LogP contribution in [0.4, 0.5) is 0 Å². The lowest BCUT2D eigenvalue weighted by molar-refractivity contribution is 0.295. The first kappa shape index (κ1) is 6.66. The van der Waals surface area contributed by atoms with Gasteiger partial charge in [-0.25, -0.2) is 0 Å². The average Bonchev–Trinajstić information content (AvgIpc) is 2.27. The smallest absolute Gasteiger partial charge is 0.00178 e. The van der Waals surface area contributed by atoms with Crippen LogP contribution in [0.1, 0.15) is 26.2 Å². The molecule has 1 saturated heterocycles. The number of nitrogens with one attached hydrogen (secondary N) is 1. The van der Waals surface area contributed by atoms with E-state index in [0.29, 0.717) is 0 Å². The number of rotatable bonds is 0. The molecule has 58 valence electrons. The van der Waals surface area contributed by atoms with E-state index in [1.807, 2.05) is 0 Å². The molecule has 2 unspecified atom stereocenters. The fourth-order valence-corrected chi connectivity index (χ4v) is 2.69. The normalized spacial score (nSPS) is 47.1. The Morgan fingerprint density at radius 3 is 2.80 bits per heavy atom. The SMILES string of the molecule is C[C@H]1CC2CCNCC2C1. The topological polar surface area (TPSA) is 12.0 Å². The Morgan fingerprint density at radius 2 is 2.00 bits per heavy atom. The number of hydrogen-bond acceptors (Lipinski definition) is 1. The van der Waals surface area contributed by atoms with E-state index in [2.05, 4.69) is 12.2 Å². The van der Waals surface area contributed by atoms with E-state index in [9.17, 15) is 0 Å². The van der Waals surface area contributed by atoms with Crippen molar-refractivity contribution < 1.29 is 0 Å². The molecular formula is C9H17N. The van der Waals surface area contributed by atoms with Crippen molar-refractivity contribution in [2.45, 2.75) is 26.2 Å². The van der Waals surface area contributed by atoms with Gasteiger partial charge in [-0.1, -0.05) is 6.92 Å². The van der Waals surface area contributed by atoms with Crippen molar-refractivity contribution in [2.75, 3.05) is 13.1 Å². The van der Waals surface area contributed by atoms with Crippen LogP contribution in [0, 0.1) is 17.8 Å². The maximum absolute atomic E-state index is 3.48. The number of hydrogen-bond donors (Lipinski definition) is 1. The zero-order valence-electron chi connectivity index (χ0n) is 6.77. The third-order valence-electron chi connectivity index (χ3n) is 3.18. The summed E-state index contributed by atoms with van der Waals surface area (Å²) in [6, 6.07) is 0. The van der Waals surface area contributed by atoms with Crippen LogP contribution in [0.25, 0.3) is 0 Å². The fourth-order valence-electron chi connectivity index (χ4n) is 2.69. The first-order valence-corrected chi connectivity index (χ1v) is 4.57. The summed E-state index contributed by atoms with van der Waals surface area (Å²) in [4.78, 5) is 0. The molecule has 2 aliphatic rings. The predicted octanol–water partition coefficient (Wildman–Crippen LogP) is 1.64. The van der Waals surface area contributed by atoms with Gasteiger partial charge in [-0.05, 0) is 50.1 Å². The van der Waals surface area contributed by atoms with Gasteiger partial charge in [0.2, 0.25) is 0 Å². The van der Waals surface area contributed by atoms with Crippen molar-refractivity contribution in [1.82, 2.24) is 5.32 Å². The lowest BCUT2D eigenvalue weighted by atomic mass is 9.90. The van der Waals surface area contributed by atoms with Crippen LogP contribution in [-0.4, -0.2) is 13.1 Å². The van der Waals surface area contributed by atoms with Crippen LogP contribution in [0.5, 0.6) is 0 Å². The summed E-state index contributed by atoms with van der Waals surface area (Å²) in [5, 5.41) is 3.48. The molecule has 1 aliphatic heterocycles. The molecule has 3 atom stereocenters. The van der Waals surface area contributed by atoms with Crippen molar-refractivity contribution >= 4 is 0 Å². The van der Waals surface area contributed by atoms with E-state index in [-0.39, 0.29) is 0 Å². The molecule has 0 aromatic heterocycles. The van der Waals surface area contributed by atoms with Gasteiger partial charge in [0.05, 0.1) is 0 Å². The largest absolute Gasteiger partial charge is 0.316 e. The number of fused-ring (bicyclic) bond motifs is 1. The molecule has 1 N–H and O–H groups in total. The van der Waals surface area contributed by atoms with Crippen molar-refractivity contribution in [2.24, 2.45) is 17.8 Å². The molecule has 0 aromatic rings. The first-order valence-electron chi connectivity index (χ1n) is 4.57. The molecule has 0 aromatic carbocycles. The first-order chi connectivity index (χ1) is 4.86. The summed E-state index contributed by atoms with van der Waals surface area (Å²) >= 11 is 0. The molecular weight excluding hydrogens is 122 g/mol. The van der Waals surface area contributed by atoms with Gasteiger partial charge in [0, 0.05) is 0 Å². The van der Waals surface area contributed by atoms with Crippen molar-refractivity contribution in [3.05, 3.63) is 0 Å². The number of piperidine rings is 1. The Morgan fingerprint density at radius 1 is 1.20 bits per heavy atom. The molecule has 1 heteroatoms. The predicted molar refractivity (Wildman–Crippen MR) is 42.9 cm³/mol. The van der Waals surface area contributed by atoms with E-state index in [4.69, 9.17) is 0 Å². The summed E-state index contributed by atoms with van der Waals surface area (Å²) in [5.74, 6) is 3.12. The maximum atomic E-state index is 3.48. The van der Waals surface area contributed by atoms with Crippen LogP contribution in [-0.2, 0) is 0 Å².